The van der Waals surface area contributed by atoms with Crippen molar-refractivity contribution in [1.29, 1.82) is 0 Å². The fourth-order valence-corrected chi connectivity index (χ4v) is 1.59. The van der Waals surface area contributed by atoms with Gasteiger partial charge in [-0.2, -0.15) is 0 Å². The number of imide groups is 1. The molecule has 82 valence electrons. The largest absolute Gasteiger partial charge is 0.497 e. The molecular weight excluding hydrogens is 206 g/mol. The molecule has 0 atom stereocenters. The number of amides is 2. The highest BCUT2D eigenvalue weighted by Gasteiger charge is 2.20. The van der Waals surface area contributed by atoms with Crippen LogP contribution in [0.3, 0.4) is 0 Å². The molecule has 0 fully saturated rings. The van der Waals surface area contributed by atoms with Crippen LogP contribution >= 0.6 is 0 Å². The minimum Gasteiger partial charge on any atom is -0.497 e. The third-order valence-corrected chi connectivity index (χ3v) is 2.36. The van der Waals surface area contributed by atoms with Gasteiger partial charge in [0.25, 0.3) is 11.8 Å². The van der Waals surface area contributed by atoms with Crippen molar-refractivity contribution < 1.29 is 14.3 Å². The second-order valence-corrected chi connectivity index (χ2v) is 3.52. The summed E-state index contributed by atoms with van der Waals surface area (Å²) < 4.78 is 5.08. The van der Waals surface area contributed by atoms with E-state index < -0.39 is 0 Å². The number of nitrogens with one attached hydrogen (secondary N) is 1. The molecule has 0 aliphatic carbocycles. The summed E-state index contributed by atoms with van der Waals surface area (Å²) in [5.74, 6) is 0.0820. The van der Waals surface area contributed by atoms with E-state index in [1.807, 2.05) is 24.3 Å². The summed E-state index contributed by atoms with van der Waals surface area (Å²) in [5.41, 5.74) is 1.42. The molecule has 0 saturated heterocycles. The van der Waals surface area contributed by atoms with Gasteiger partial charge in [-0.25, -0.2) is 0 Å². The van der Waals surface area contributed by atoms with Crippen LogP contribution in [-0.4, -0.2) is 18.9 Å². The monoisotopic (exact) mass is 217 g/mol. The Hall–Kier alpha value is -2.10. The lowest BCUT2D eigenvalue weighted by Crippen LogP contribution is -2.22. The number of hydrogen-bond acceptors (Lipinski definition) is 3. The zero-order valence-electron chi connectivity index (χ0n) is 8.82. The Bertz CT molecular complexity index is 477. The first-order chi connectivity index (χ1) is 7.69. The molecule has 0 saturated carbocycles. The van der Waals surface area contributed by atoms with Gasteiger partial charge in [0, 0.05) is 18.1 Å². The molecule has 0 unspecified atom stereocenters. The van der Waals surface area contributed by atoms with Crippen LogP contribution in [0.25, 0.3) is 0 Å². The molecule has 0 aromatic heterocycles. The summed E-state index contributed by atoms with van der Waals surface area (Å²) in [6.45, 7) is 0. The van der Waals surface area contributed by atoms with E-state index in [1.54, 1.807) is 7.11 Å². The van der Waals surface area contributed by atoms with Crippen molar-refractivity contribution in [2.45, 2.75) is 6.42 Å². The van der Waals surface area contributed by atoms with Crippen LogP contribution in [0.1, 0.15) is 5.56 Å². The predicted octanol–water partition coefficient (Wildman–Crippen LogP) is 0.821. The zero-order valence-corrected chi connectivity index (χ0v) is 8.82. The maximum atomic E-state index is 11.3. The molecule has 2 amide bonds. The highest BCUT2D eigenvalue weighted by Crippen LogP contribution is 2.17. The number of rotatable bonds is 3. The molecule has 1 heterocycles. The molecular formula is C12H11NO3. The van der Waals surface area contributed by atoms with Gasteiger partial charge in [0.1, 0.15) is 5.75 Å². The van der Waals surface area contributed by atoms with Crippen LogP contribution in [-0.2, 0) is 16.0 Å². The first-order valence-corrected chi connectivity index (χ1v) is 4.88. The van der Waals surface area contributed by atoms with Crippen LogP contribution in [0.4, 0.5) is 0 Å². The SMILES string of the molecule is COc1cccc(CC2=CC(=O)NC2=O)c1. The van der Waals surface area contributed by atoms with Gasteiger partial charge in [-0.15, -0.1) is 0 Å². The van der Waals surface area contributed by atoms with Gasteiger partial charge in [-0.1, -0.05) is 12.1 Å². The molecule has 0 spiro atoms. The molecule has 0 radical (unpaired) electrons. The van der Waals surface area contributed by atoms with E-state index in [0.29, 0.717) is 12.0 Å². The van der Waals surface area contributed by atoms with Crippen LogP contribution in [0.5, 0.6) is 5.75 Å². The standard InChI is InChI=1S/C12H11NO3/c1-16-10-4-2-3-8(6-10)5-9-7-11(14)13-12(9)15/h2-4,6-7H,5H2,1H3,(H,13,14,15). The quantitative estimate of drug-likeness (QED) is 0.762. The summed E-state index contributed by atoms with van der Waals surface area (Å²) in [7, 11) is 1.59. The van der Waals surface area contributed by atoms with Crippen LogP contribution in [0.2, 0.25) is 0 Å². The molecule has 0 bridgehead atoms. The average molecular weight is 217 g/mol. The number of ether oxygens (including phenoxy) is 1. The van der Waals surface area contributed by atoms with Gasteiger partial charge in [-0.3, -0.25) is 14.9 Å². The first-order valence-electron chi connectivity index (χ1n) is 4.88. The van der Waals surface area contributed by atoms with Crippen LogP contribution < -0.4 is 10.1 Å². The number of methoxy groups -OCH3 is 1. The van der Waals surface area contributed by atoms with Crippen molar-refractivity contribution in [1.82, 2.24) is 5.32 Å². The van der Waals surface area contributed by atoms with Gasteiger partial charge < -0.3 is 4.74 Å². The van der Waals surface area contributed by atoms with E-state index >= 15 is 0 Å². The van der Waals surface area contributed by atoms with Gasteiger partial charge in [-0.05, 0) is 17.7 Å². The summed E-state index contributed by atoms with van der Waals surface area (Å²) in [5, 5.41) is 2.21. The summed E-state index contributed by atoms with van der Waals surface area (Å²) >= 11 is 0. The molecule has 16 heavy (non-hydrogen) atoms. The van der Waals surface area contributed by atoms with Crippen molar-refractivity contribution in [3.05, 3.63) is 41.5 Å². The number of carbonyl (C=O) groups is 2. The van der Waals surface area contributed by atoms with E-state index in [9.17, 15) is 9.59 Å². The minimum absolute atomic E-state index is 0.312. The number of carbonyl (C=O) groups excluding carboxylic acids is 2. The Morgan fingerprint density at radius 3 is 2.75 bits per heavy atom. The summed E-state index contributed by atoms with van der Waals surface area (Å²) in [4.78, 5) is 22.3. The topological polar surface area (TPSA) is 55.4 Å². The smallest absolute Gasteiger partial charge is 0.254 e. The van der Waals surface area contributed by atoms with Crippen molar-refractivity contribution in [3.63, 3.8) is 0 Å². The molecule has 4 heteroatoms. The van der Waals surface area contributed by atoms with Crippen LogP contribution in [0.15, 0.2) is 35.9 Å². The third-order valence-electron chi connectivity index (χ3n) is 2.36. The highest BCUT2D eigenvalue weighted by molar-refractivity contribution is 6.16. The van der Waals surface area contributed by atoms with Gasteiger partial charge in [0.05, 0.1) is 7.11 Å². The molecule has 1 aliphatic rings. The van der Waals surface area contributed by atoms with Crippen molar-refractivity contribution in [3.8, 4) is 5.75 Å². The lowest BCUT2D eigenvalue weighted by Gasteiger charge is -2.03. The highest BCUT2D eigenvalue weighted by atomic mass is 16.5. The Morgan fingerprint density at radius 1 is 1.31 bits per heavy atom. The Kier molecular flexibility index (Phi) is 2.72. The average Bonchev–Trinajstić information content (AvgIpc) is 2.58. The fraction of sp³-hybridized carbons (Fsp3) is 0.167. The second kappa shape index (κ2) is 4.18. The number of hydrogen-bond donors (Lipinski definition) is 1. The van der Waals surface area contributed by atoms with E-state index in [1.165, 1.54) is 6.08 Å². The molecule has 1 N–H and O–H groups in total. The fourth-order valence-electron chi connectivity index (χ4n) is 1.59. The molecule has 1 aliphatic heterocycles. The predicted molar refractivity (Wildman–Crippen MR) is 57.9 cm³/mol. The van der Waals surface area contributed by atoms with E-state index in [-0.39, 0.29) is 11.8 Å². The second-order valence-electron chi connectivity index (χ2n) is 3.52. The van der Waals surface area contributed by atoms with Gasteiger partial charge >= 0.3 is 0 Å². The molecule has 1 aromatic rings. The maximum Gasteiger partial charge on any atom is 0.254 e. The molecule has 2 rings (SSSR count). The van der Waals surface area contributed by atoms with E-state index in [4.69, 9.17) is 4.74 Å². The maximum absolute atomic E-state index is 11.3. The van der Waals surface area contributed by atoms with Crippen LogP contribution in [0, 0.1) is 0 Å². The lowest BCUT2D eigenvalue weighted by molar-refractivity contribution is -0.123. The minimum atomic E-state index is -0.345. The lowest BCUT2D eigenvalue weighted by atomic mass is 10.1. The molecule has 4 nitrogen and oxygen atoms in total. The van der Waals surface area contributed by atoms with Gasteiger partial charge in [0.2, 0.25) is 0 Å². The van der Waals surface area contributed by atoms with Gasteiger partial charge in [0.15, 0.2) is 0 Å². The van der Waals surface area contributed by atoms with E-state index in [0.717, 1.165) is 11.3 Å². The zero-order chi connectivity index (χ0) is 11.5. The Labute approximate surface area is 92.9 Å². The van der Waals surface area contributed by atoms with Crippen molar-refractivity contribution >= 4 is 11.8 Å². The van der Waals surface area contributed by atoms with Crippen molar-refractivity contribution in [2.24, 2.45) is 0 Å². The molecule has 1 aromatic carbocycles. The number of benzene rings is 1. The third kappa shape index (κ3) is 2.11. The normalized spacial score (nSPS) is 14.7. The Balaban J connectivity index is 2.18. The summed E-state index contributed by atoms with van der Waals surface area (Å²) in [6.07, 6.45) is 1.77. The Morgan fingerprint density at radius 2 is 2.12 bits per heavy atom. The summed E-state index contributed by atoms with van der Waals surface area (Å²) in [6, 6.07) is 7.41. The van der Waals surface area contributed by atoms with E-state index in [2.05, 4.69) is 5.32 Å². The van der Waals surface area contributed by atoms with Crippen molar-refractivity contribution in [2.75, 3.05) is 7.11 Å². The first kappa shape index (κ1) is 10.4.